The summed E-state index contributed by atoms with van der Waals surface area (Å²) in [7, 11) is -7.51. The summed E-state index contributed by atoms with van der Waals surface area (Å²) in [5.41, 5.74) is 1.89. The summed E-state index contributed by atoms with van der Waals surface area (Å²) >= 11 is 8.01. The van der Waals surface area contributed by atoms with Crippen molar-refractivity contribution in [2.75, 3.05) is 43.1 Å². The zero-order valence-corrected chi connectivity index (χ0v) is 31.2. The molecule has 2 aromatic rings. The van der Waals surface area contributed by atoms with Gasteiger partial charge in [0.15, 0.2) is 0 Å². The average molecular weight is 728 g/mol. The van der Waals surface area contributed by atoms with Crippen molar-refractivity contribution in [2.45, 2.75) is 93.4 Å². The molecule has 0 radical (unpaired) electrons. The summed E-state index contributed by atoms with van der Waals surface area (Å²) in [6.07, 6.45) is 9.26. The second kappa shape index (κ2) is 16.3. The third kappa shape index (κ3) is 10.1. The Labute approximate surface area is 290 Å². The van der Waals surface area contributed by atoms with Crippen LogP contribution in [0.5, 0.6) is 0 Å². The van der Waals surface area contributed by atoms with Gasteiger partial charge in [-0.1, -0.05) is 63.8 Å². The Morgan fingerprint density at radius 3 is 2.00 bits per heavy atom. The SMILES string of the molecule is CSCCC(NS(=O)(=O)c1ccc(N2CCC(CCCC3CCN(S(=O)(=O)c4ccc(C(C)(C)C)cc4)CC3)CC2)c(Cl)c1)C(=O)O. The lowest BCUT2D eigenvalue weighted by Gasteiger charge is -2.35. The van der Waals surface area contributed by atoms with Crippen LogP contribution in [0, 0.1) is 11.8 Å². The van der Waals surface area contributed by atoms with E-state index >= 15 is 0 Å². The maximum Gasteiger partial charge on any atom is 0.321 e. The molecule has 47 heavy (non-hydrogen) atoms. The number of carbonyl (C=O) groups is 1. The highest BCUT2D eigenvalue weighted by molar-refractivity contribution is 7.98. The minimum atomic E-state index is -4.04. The molecule has 9 nitrogen and oxygen atoms in total. The van der Waals surface area contributed by atoms with E-state index in [0.717, 1.165) is 69.3 Å². The number of thioether (sulfide) groups is 1. The van der Waals surface area contributed by atoms with Crippen LogP contribution in [0.15, 0.2) is 52.3 Å². The molecular formula is C34H50ClN3O6S3. The largest absolute Gasteiger partial charge is 0.480 e. The number of benzene rings is 2. The van der Waals surface area contributed by atoms with Gasteiger partial charge < -0.3 is 10.0 Å². The predicted molar refractivity (Wildman–Crippen MR) is 192 cm³/mol. The number of carboxylic acid groups (broad SMARTS) is 1. The van der Waals surface area contributed by atoms with E-state index in [2.05, 4.69) is 30.4 Å². The normalized spacial score (nSPS) is 18.4. The third-order valence-electron chi connectivity index (χ3n) is 9.55. The Bertz CT molecular complexity index is 1560. The molecule has 2 N–H and O–H groups in total. The summed E-state index contributed by atoms with van der Waals surface area (Å²) < 4.78 is 56.2. The number of aliphatic carboxylic acids is 1. The Morgan fingerprint density at radius 1 is 0.936 bits per heavy atom. The van der Waals surface area contributed by atoms with Crippen LogP contribution in [0.25, 0.3) is 0 Å². The summed E-state index contributed by atoms with van der Waals surface area (Å²) in [6, 6.07) is 10.7. The minimum absolute atomic E-state index is 0.0204. The Hall–Kier alpha value is -1.83. The van der Waals surface area contributed by atoms with Crippen molar-refractivity contribution in [3.63, 3.8) is 0 Å². The van der Waals surface area contributed by atoms with Gasteiger partial charge in [0.1, 0.15) is 6.04 Å². The lowest BCUT2D eigenvalue weighted by Crippen LogP contribution is -2.41. The van der Waals surface area contributed by atoms with Gasteiger partial charge in [0.05, 0.1) is 20.5 Å². The summed E-state index contributed by atoms with van der Waals surface area (Å²) in [4.78, 5) is 14.1. The number of carboxylic acids is 1. The first-order valence-corrected chi connectivity index (χ1v) is 21.2. The standard InChI is InChI=1S/C34H50ClN3O6S3/c1-34(2,3)27-8-10-28(11-9-27)47(43,44)38-21-16-26(17-22-38)7-5-6-25-14-19-37(20-15-25)32-13-12-29(24-30(32)35)46(41,42)36-31(33(39)40)18-23-45-4/h8-13,24-26,31,36H,5-7,14-23H2,1-4H3,(H,39,40). The summed E-state index contributed by atoms with van der Waals surface area (Å²) in [5.74, 6) is 0.473. The van der Waals surface area contributed by atoms with E-state index in [1.807, 2.05) is 18.4 Å². The van der Waals surface area contributed by atoms with Gasteiger partial charge in [-0.15, -0.1) is 0 Å². The van der Waals surface area contributed by atoms with Crippen molar-refractivity contribution in [1.82, 2.24) is 9.03 Å². The second-order valence-corrected chi connectivity index (χ2v) is 18.9. The van der Waals surface area contributed by atoms with Crippen LogP contribution < -0.4 is 9.62 Å². The average Bonchev–Trinajstić information content (AvgIpc) is 3.03. The van der Waals surface area contributed by atoms with Gasteiger partial charge >= 0.3 is 5.97 Å². The smallest absolute Gasteiger partial charge is 0.321 e. The molecule has 0 bridgehead atoms. The monoisotopic (exact) mass is 727 g/mol. The Kier molecular flexibility index (Phi) is 13.1. The second-order valence-electron chi connectivity index (χ2n) is 13.9. The molecule has 13 heteroatoms. The summed E-state index contributed by atoms with van der Waals surface area (Å²) in [5, 5.41) is 9.76. The van der Waals surface area contributed by atoms with E-state index in [9.17, 15) is 26.7 Å². The number of sulfonamides is 2. The number of nitrogens with zero attached hydrogens (tertiary/aromatic N) is 2. The van der Waals surface area contributed by atoms with Gasteiger partial charge in [-0.05, 0) is 97.3 Å². The van der Waals surface area contributed by atoms with Gasteiger partial charge in [-0.2, -0.15) is 20.8 Å². The molecule has 2 aliphatic rings. The van der Waals surface area contributed by atoms with Crippen LogP contribution in [0.1, 0.15) is 77.7 Å². The molecule has 2 saturated heterocycles. The first-order chi connectivity index (χ1) is 22.1. The van der Waals surface area contributed by atoms with Crippen LogP contribution in [0.4, 0.5) is 5.69 Å². The molecule has 1 unspecified atom stereocenters. The molecule has 4 rings (SSSR count). The molecule has 262 valence electrons. The number of anilines is 1. The first-order valence-electron chi connectivity index (χ1n) is 16.5. The van der Waals surface area contributed by atoms with Crippen molar-refractivity contribution in [2.24, 2.45) is 11.8 Å². The highest BCUT2D eigenvalue weighted by Gasteiger charge is 2.30. The third-order valence-corrected chi connectivity index (χ3v) is 13.9. The number of rotatable bonds is 14. The first kappa shape index (κ1) is 38.0. The van der Waals surface area contributed by atoms with E-state index in [1.165, 1.54) is 23.9 Å². The van der Waals surface area contributed by atoms with Crippen LogP contribution in [-0.2, 0) is 30.3 Å². The zero-order chi connectivity index (χ0) is 34.4. The van der Waals surface area contributed by atoms with Gasteiger partial charge in [-0.3, -0.25) is 4.79 Å². The topological polar surface area (TPSA) is 124 Å². The van der Waals surface area contributed by atoms with Crippen LogP contribution in [-0.4, -0.2) is 76.4 Å². The lowest BCUT2D eigenvalue weighted by atomic mass is 9.87. The molecular weight excluding hydrogens is 678 g/mol. The quantitative estimate of drug-likeness (QED) is 0.223. The van der Waals surface area contributed by atoms with Gasteiger partial charge in [0, 0.05) is 26.2 Å². The highest BCUT2D eigenvalue weighted by Crippen LogP contribution is 2.34. The molecule has 2 aliphatic heterocycles. The van der Waals surface area contributed by atoms with Crippen molar-refractivity contribution in [3.05, 3.63) is 53.1 Å². The van der Waals surface area contributed by atoms with E-state index < -0.39 is 32.1 Å². The molecule has 0 aliphatic carbocycles. The van der Waals surface area contributed by atoms with Crippen LogP contribution in [0.2, 0.25) is 5.02 Å². The van der Waals surface area contributed by atoms with Crippen molar-refractivity contribution in [3.8, 4) is 0 Å². The number of piperidine rings is 2. The fourth-order valence-corrected chi connectivity index (χ4v) is 10.1. The molecule has 0 spiro atoms. The number of hydrogen-bond donors (Lipinski definition) is 2. The minimum Gasteiger partial charge on any atom is -0.480 e. The van der Waals surface area contributed by atoms with E-state index in [1.54, 1.807) is 22.5 Å². The zero-order valence-electron chi connectivity index (χ0n) is 28.0. The van der Waals surface area contributed by atoms with Crippen LogP contribution >= 0.6 is 23.4 Å². The van der Waals surface area contributed by atoms with Crippen LogP contribution in [0.3, 0.4) is 0 Å². The predicted octanol–water partition coefficient (Wildman–Crippen LogP) is 6.61. The maximum atomic E-state index is 13.2. The molecule has 2 fully saturated rings. The molecule has 0 amide bonds. The summed E-state index contributed by atoms with van der Waals surface area (Å²) in [6.45, 7) is 9.16. The van der Waals surface area contributed by atoms with E-state index in [-0.39, 0.29) is 16.7 Å². The van der Waals surface area contributed by atoms with Crippen molar-refractivity contribution in [1.29, 1.82) is 0 Å². The number of hydrogen-bond acceptors (Lipinski definition) is 7. The van der Waals surface area contributed by atoms with Crippen molar-refractivity contribution < 1.29 is 26.7 Å². The highest BCUT2D eigenvalue weighted by atomic mass is 35.5. The molecule has 0 aromatic heterocycles. The molecule has 2 aromatic carbocycles. The van der Waals surface area contributed by atoms with E-state index in [0.29, 0.717) is 40.6 Å². The number of nitrogens with one attached hydrogen (secondary N) is 1. The molecule has 1 atom stereocenters. The van der Waals surface area contributed by atoms with E-state index in [4.69, 9.17) is 11.6 Å². The Morgan fingerprint density at radius 2 is 1.49 bits per heavy atom. The lowest BCUT2D eigenvalue weighted by molar-refractivity contribution is -0.139. The fraction of sp³-hybridized carbons (Fsp3) is 0.618. The fourth-order valence-electron chi connectivity index (χ4n) is 6.51. The van der Waals surface area contributed by atoms with Gasteiger partial charge in [0.2, 0.25) is 20.0 Å². The molecule has 2 heterocycles. The van der Waals surface area contributed by atoms with Gasteiger partial charge in [-0.25, -0.2) is 16.8 Å². The Balaban J connectivity index is 1.20. The molecule has 0 saturated carbocycles. The van der Waals surface area contributed by atoms with Gasteiger partial charge in [0.25, 0.3) is 0 Å². The maximum absolute atomic E-state index is 13.2. The van der Waals surface area contributed by atoms with Crippen molar-refractivity contribution >= 4 is 55.1 Å². The number of halogens is 1.